The van der Waals surface area contributed by atoms with E-state index in [1.165, 1.54) is 6.92 Å². The average molecular weight is 366 g/mol. The molecule has 4 N–H and O–H groups in total. The first-order chi connectivity index (χ1) is 10.6. The highest BCUT2D eigenvalue weighted by Gasteiger charge is 2.36. The van der Waals surface area contributed by atoms with Crippen molar-refractivity contribution in [1.29, 1.82) is 0 Å². The first-order valence-corrected chi connectivity index (χ1v) is 7.60. The van der Waals surface area contributed by atoms with Crippen molar-refractivity contribution >= 4 is 40.0 Å². The molecule has 1 amide bonds. The summed E-state index contributed by atoms with van der Waals surface area (Å²) >= 11 is 1.10. The summed E-state index contributed by atoms with van der Waals surface area (Å²) in [5, 5.41) is 6.34. The monoisotopic (exact) mass is 366 g/mol. The fourth-order valence-corrected chi connectivity index (χ4v) is 2.76. The zero-order valence-corrected chi connectivity index (χ0v) is 13.0. The second-order valence-electron chi connectivity index (χ2n) is 4.13. The van der Waals surface area contributed by atoms with Gasteiger partial charge in [-0.25, -0.2) is 4.98 Å². The van der Waals surface area contributed by atoms with Gasteiger partial charge >= 0.3 is 6.18 Å². The SMILES string of the molecule is C[C@@H](Sc1nc(N)cc(=O)[nH]1)C(=O)Nc1nnc(C(F)(F)F)s1. The van der Waals surface area contributed by atoms with Gasteiger partial charge in [0.2, 0.25) is 16.0 Å². The Morgan fingerprint density at radius 3 is 2.74 bits per heavy atom. The molecule has 2 rings (SSSR count). The molecule has 0 radical (unpaired) electrons. The lowest BCUT2D eigenvalue weighted by molar-refractivity contribution is -0.138. The number of rotatable bonds is 4. The lowest BCUT2D eigenvalue weighted by Gasteiger charge is -2.09. The van der Waals surface area contributed by atoms with Gasteiger partial charge in [0.1, 0.15) is 5.82 Å². The van der Waals surface area contributed by atoms with Gasteiger partial charge in [-0.05, 0) is 6.92 Å². The predicted molar refractivity (Wildman–Crippen MR) is 78.1 cm³/mol. The van der Waals surface area contributed by atoms with Gasteiger partial charge in [0.25, 0.3) is 5.56 Å². The average Bonchev–Trinajstić information content (AvgIpc) is 2.85. The van der Waals surface area contributed by atoms with E-state index in [0.717, 1.165) is 17.8 Å². The molecule has 0 aromatic carbocycles. The van der Waals surface area contributed by atoms with Crippen LogP contribution in [0.3, 0.4) is 0 Å². The van der Waals surface area contributed by atoms with Gasteiger partial charge in [0, 0.05) is 6.07 Å². The molecule has 1 atom stereocenters. The molecule has 0 saturated heterocycles. The molecular weight excluding hydrogens is 357 g/mol. The number of carbonyl (C=O) groups is 1. The van der Waals surface area contributed by atoms with Crippen molar-refractivity contribution in [2.45, 2.75) is 23.5 Å². The smallest absolute Gasteiger partial charge is 0.383 e. The highest BCUT2D eigenvalue weighted by atomic mass is 32.2. The Hall–Kier alpha value is -2.15. The van der Waals surface area contributed by atoms with Crippen LogP contribution in [0.15, 0.2) is 16.0 Å². The summed E-state index contributed by atoms with van der Waals surface area (Å²) in [5.74, 6) is -0.632. The van der Waals surface area contributed by atoms with E-state index in [1.807, 2.05) is 0 Å². The third-order valence-electron chi connectivity index (χ3n) is 2.30. The van der Waals surface area contributed by atoms with Gasteiger partial charge in [-0.3, -0.25) is 14.9 Å². The van der Waals surface area contributed by atoms with Crippen LogP contribution < -0.4 is 16.6 Å². The van der Waals surface area contributed by atoms with E-state index in [0.29, 0.717) is 0 Å². The van der Waals surface area contributed by atoms with Crippen LogP contribution in [0.25, 0.3) is 0 Å². The molecule has 2 heterocycles. The molecule has 2 aromatic heterocycles. The number of aromatic nitrogens is 4. The Bertz CT molecular complexity index is 774. The molecule has 124 valence electrons. The van der Waals surface area contributed by atoms with Crippen LogP contribution in [0.4, 0.5) is 24.1 Å². The Balaban J connectivity index is 2.02. The largest absolute Gasteiger partial charge is 0.445 e. The van der Waals surface area contributed by atoms with E-state index >= 15 is 0 Å². The number of amides is 1. The maximum absolute atomic E-state index is 12.4. The first kappa shape index (κ1) is 17.2. The minimum absolute atomic E-state index is 0.0113. The quantitative estimate of drug-likeness (QED) is 0.550. The highest BCUT2D eigenvalue weighted by Crippen LogP contribution is 2.33. The lowest BCUT2D eigenvalue weighted by Crippen LogP contribution is -2.23. The number of nitrogens with one attached hydrogen (secondary N) is 2. The standard InChI is InChI=1S/C10H9F3N6O2S2/c1-3(22-8-15-4(14)2-5(20)16-8)6(21)17-9-19-18-7(23-9)10(11,12)13/h2-3H,1H3,(H,17,19,21)(H3,14,15,16,20)/t3-/m1/s1. The van der Waals surface area contributed by atoms with Gasteiger partial charge in [0.05, 0.1) is 5.25 Å². The molecule has 0 aliphatic heterocycles. The number of hydrogen-bond acceptors (Lipinski definition) is 8. The molecule has 2 aromatic rings. The summed E-state index contributed by atoms with van der Waals surface area (Å²) in [5.41, 5.74) is 4.93. The number of nitrogens with zero attached hydrogens (tertiary/aromatic N) is 3. The minimum Gasteiger partial charge on any atom is -0.383 e. The van der Waals surface area contributed by atoms with Crippen molar-refractivity contribution in [3.8, 4) is 0 Å². The van der Waals surface area contributed by atoms with E-state index in [-0.39, 0.29) is 27.4 Å². The Labute approximate surface area is 134 Å². The van der Waals surface area contributed by atoms with E-state index in [2.05, 4.69) is 25.5 Å². The topological polar surface area (TPSA) is 127 Å². The van der Waals surface area contributed by atoms with Crippen LogP contribution in [0, 0.1) is 0 Å². The molecule has 0 unspecified atom stereocenters. The maximum Gasteiger partial charge on any atom is 0.445 e. The van der Waals surface area contributed by atoms with Gasteiger partial charge < -0.3 is 10.7 Å². The Kier molecular flexibility index (Phi) is 4.89. The normalized spacial score (nSPS) is 12.9. The maximum atomic E-state index is 12.4. The number of hydrogen-bond donors (Lipinski definition) is 3. The molecule has 0 spiro atoms. The molecular formula is C10H9F3N6O2S2. The number of nitrogens with two attached hydrogens (primary N) is 1. The van der Waals surface area contributed by atoms with Gasteiger partial charge in [-0.2, -0.15) is 13.2 Å². The predicted octanol–water partition coefficient (Wildman–Crippen LogP) is 1.34. The summed E-state index contributed by atoms with van der Waals surface area (Å²) in [4.78, 5) is 29.4. The first-order valence-electron chi connectivity index (χ1n) is 5.90. The number of aromatic amines is 1. The van der Waals surface area contributed by atoms with Crippen LogP contribution in [-0.4, -0.2) is 31.3 Å². The van der Waals surface area contributed by atoms with E-state index in [4.69, 9.17) is 5.73 Å². The van der Waals surface area contributed by atoms with Crippen LogP contribution in [-0.2, 0) is 11.0 Å². The van der Waals surface area contributed by atoms with E-state index in [9.17, 15) is 22.8 Å². The van der Waals surface area contributed by atoms with E-state index in [1.54, 1.807) is 0 Å². The van der Waals surface area contributed by atoms with Gasteiger partial charge in [-0.15, -0.1) is 10.2 Å². The Morgan fingerprint density at radius 2 is 2.17 bits per heavy atom. The van der Waals surface area contributed by atoms with E-state index < -0.39 is 27.9 Å². The molecule has 0 bridgehead atoms. The van der Waals surface area contributed by atoms with Crippen molar-refractivity contribution in [1.82, 2.24) is 20.2 Å². The summed E-state index contributed by atoms with van der Waals surface area (Å²) in [7, 11) is 0. The zero-order valence-electron chi connectivity index (χ0n) is 11.3. The van der Waals surface area contributed by atoms with Crippen molar-refractivity contribution in [3.63, 3.8) is 0 Å². The van der Waals surface area contributed by atoms with Gasteiger partial charge in [0.15, 0.2) is 5.16 Å². The number of anilines is 2. The highest BCUT2D eigenvalue weighted by molar-refractivity contribution is 8.00. The van der Waals surface area contributed by atoms with Crippen molar-refractivity contribution in [2.75, 3.05) is 11.1 Å². The van der Waals surface area contributed by atoms with Crippen LogP contribution >= 0.6 is 23.1 Å². The molecule has 13 heteroatoms. The number of thioether (sulfide) groups is 1. The van der Waals surface area contributed by atoms with Crippen LogP contribution in [0.2, 0.25) is 0 Å². The zero-order chi connectivity index (χ0) is 17.2. The minimum atomic E-state index is -4.62. The van der Waals surface area contributed by atoms with Crippen LogP contribution in [0.1, 0.15) is 11.9 Å². The number of carbonyl (C=O) groups excluding carboxylic acids is 1. The number of halogens is 3. The molecule has 0 aliphatic rings. The van der Waals surface area contributed by atoms with Crippen molar-refractivity contribution in [2.24, 2.45) is 0 Å². The number of H-pyrrole nitrogens is 1. The van der Waals surface area contributed by atoms with Gasteiger partial charge in [-0.1, -0.05) is 23.1 Å². The fraction of sp³-hybridized carbons (Fsp3) is 0.300. The lowest BCUT2D eigenvalue weighted by atomic mass is 10.4. The number of alkyl halides is 3. The van der Waals surface area contributed by atoms with Crippen molar-refractivity contribution in [3.05, 3.63) is 21.4 Å². The number of nitrogen functional groups attached to an aromatic ring is 1. The Morgan fingerprint density at radius 1 is 1.48 bits per heavy atom. The third kappa shape index (κ3) is 4.66. The second-order valence-corrected chi connectivity index (χ2v) is 6.44. The van der Waals surface area contributed by atoms with Crippen LogP contribution in [0.5, 0.6) is 0 Å². The molecule has 0 saturated carbocycles. The summed E-state index contributed by atoms with van der Waals surface area (Å²) in [6.45, 7) is 1.48. The van der Waals surface area contributed by atoms with Crippen molar-refractivity contribution < 1.29 is 18.0 Å². The molecule has 23 heavy (non-hydrogen) atoms. The fourth-order valence-electron chi connectivity index (χ4n) is 1.33. The molecule has 8 nitrogen and oxygen atoms in total. The third-order valence-corrected chi connectivity index (χ3v) is 4.16. The summed E-state index contributed by atoms with van der Waals surface area (Å²) < 4.78 is 37.2. The summed E-state index contributed by atoms with van der Waals surface area (Å²) in [6, 6.07) is 1.08. The summed E-state index contributed by atoms with van der Waals surface area (Å²) in [6.07, 6.45) is -4.62. The second kappa shape index (κ2) is 6.54. The molecule has 0 aliphatic carbocycles. The molecule has 0 fully saturated rings.